The van der Waals surface area contributed by atoms with E-state index in [0.29, 0.717) is 0 Å². The van der Waals surface area contributed by atoms with Crippen LogP contribution in [0.5, 0.6) is 5.75 Å². The molecule has 0 saturated heterocycles. The fraction of sp³-hybridized carbons (Fsp3) is 0.550. The van der Waals surface area contributed by atoms with Gasteiger partial charge in [-0.1, -0.05) is 47.6 Å². The summed E-state index contributed by atoms with van der Waals surface area (Å²) in [6, 6.07) is 8.70. The molecule has 0 unspecified atom stereocenters. The summed E-state index contributed by atoms with van der Waals surface area (Å²) in [6.45, 7) is 17.3. The van der Waals surface area contributed by atoms with Crippen LogP contribution in [0.3, 0.4) is 0 Å². The van der Waals surface area contributed by atoms with E-state index in [1.807, 2.05) is 0 Å². The summed E-state index contributed by atoms with van der Waals surface area (Å²) in [7, 11) is 0. The lowest BCUT2D eigenvalue weighted by atomic mass is 9.85. The molecule has 1 aromatic carbocycles. The highest BCUT2D eigenvalue weighted by atomic mass is 16.5. The lowest BCUT2D eigenvalue weighted by Crippen LogP contribution is -2.18. The number of fused-ring (bicyclic) bond motifs is 1. The van der Waals surface area contributed by atoms with Crippen molar-refractivity contribution in [3.8, 4) is 5.75 Å². The van der Waals surface area contributed by atoms with Crippen LogP contribution in [0.4, 0.5) is 0 Å². The van der Waals surface area contributed by atoms with Gasteiger partial charge in [0, 0.05) is 10.8 Å². The highest BCUT2D eigenvalue weighted by Gasteiger charge is 2.23. The molecule has 2 rings (SSSR count). The Balaban J connectivity index is 2.67. The van der Waals surface area contributed by atoms with Crippen molar-refractivity contribution in [3.05, 3.63) is 35.5 Å². The monoisotopic (exact) mass is 299 g/mol. The first kappa shape index (κ1) is 16.8. The molecule has 0 aliphatic rings. The van der Waals surface area contributed by atoms with Crippen LogP contribution in [-0.4, -0.2) is 11.1 Å². The van der Waals surface area contributed by atoms with E-state index in [4.69, 9.17) is 9.72 Å². The molecule has 0 radical (unpaired) electrons. The van der Waals surface area contributed by atoms with Crippen molar-refractivity contribution in [2.45, 2.75) is 72.3 Å². The van der Waals surface area contributed by atoms with E-state index in [1.165, 1.54) is 5.56 Å². The zero-order chi connectivity index (χ0) is 16.7. The van der Waals surface area contributed by atoms with Gasteiger partial charge in [-0.05, 0) is 43.0 Å². The van der Waals surface area contributed by atoms with Crippen molar-refractivity contribution in [3.63, 3.8) is 0 Å². The van der Waals surface area contributed by atoms with Crippen molar-refractivity contribution >= 4 is 10.9 Å². The van der Waals surface area contributed by atoms with Crippen LogP contribution in [0.1, 0.15) is 66.6 Å². The van der Waals surface area contributed by atoms with Gasteiger partial charge in [-0.25, -0.2) is 4.98 Å². The Morgan fingerprint density at radius 2 is 1.55 bits per heavy atom. The zero-order valence-corrected chi connectivity index (χ0v) is 15.2. The van der Waals surface area contributed by atoms with E-state index in [-0.39, 0.29) is 16.9 Å². The fourth-order valence-corrected chi connectivity index (χ4v) is 2.50. The van der Waals surface area contributed by atoms with Gasteiger partial charge in [0.15, 0.2) is 0 Å². The van der Waals surface area contributed by atoms with Gasteiger partial charge in [0.1, 0.15) is 5.75 Å². The van der Waals surface area contributed by atoms with Gasteiger partial charge < -0.3 is 4.74 Å². The molecule has 0 fully saturated rings. The lowest BCUT2D eigenvalue weighted by Gasteiger charge is -2.24. The number of aromatic nitrogens is 1. The maximum Gasteiger partial charge on any atom is 0.142 e. The minimum Gasteiger partial charge on any atom is -0.489 e. The van der Waals surface area contributed by atoms with Crippen LogP contribution in [-0.2, 0) is 10.8 Å². The molecule has 120 valence electrons. The third kappa shape index (κ3) is 3.60. The molecule has 2 nitrogen and oxygen atoms in total. The van der Waals surface area contributed by atoms with E-state index in [9.17, 15) is 0 Å². The van der Waals surface area contributed by atoms with Gasteiger partial charge in [0.25, 0.3) is 0 Å². The predicted octanol–water partition coefficient (Wildman–Crippen LogP) is 5.62. The molecule has 0 spiro atoms. The van der Waals surface area contributed by atoms with Crippen molar-refractivity contribution in [1.29, 1.82) is 0 Å². The quantitative estimate of drug-likeness (QED) is 0.718. The number of hydrogen-bond donors (Lipinski definition) is 0. The Kier molecular flexibility index (Phi) is 4.25. The Morgan fingerprint density at radius 3 is 2.05 bits per heavy atom. The summed E-state index contributed by atoms with van der Waals surface area (Å²) in [5, 5.41) is 1.15. The molecule has 2 heteroatoms. The molecule has 2 aromatic rings. The topological polar surface area (TPSA) is 22.1 Å². The predicted molar refractivity (Wildman–Crippen MR) is 94.9 cm³/mol. The summed E-state index contributed by atoms with van der Waals surface area (Å²) in [5.41, 5.74) is 3.48. The van der Waals surface area contributed by atoms with Crippen LogP contribution in [0.2, 0.25) is 0 Å². The molecular formula is C20H29NO. The van der Waals surface area contributed by atoms with Crippen molar-refractivity contribution in [1.82, 2.24) is 4.98 Å². The molecular weight excluding hydrogens is 270 g/mol. The minimum absolute atomic E-state index is 0.0406. The number of ether oxygens (including phenoxy) is 1. The number of rotatable bonds is 2. The molecule has 0 aliphatic carbocycles. The molecule has 22 heavy (non-hydrogen) atoms. The molecule has 0 N–H and O–H groups in total. The van der Waals surface area contributed by atoms with Crippen LogP contribution in [0.25, 0.3) is 10.9 Å². The van der Waals surface area contributed by atoms with Gasteiger partial charge >= 0.3 is 0 Å². The van der Waals surface area contributed by atoms with E-state index >= 15 is 0 Å². The number of nitrogens with zero attached hydrogens (tertiary/aromatic N) is 1. The summed E-state index contributed by atoms with van der Waals surface area (Å²) < 4.78 is 6.04. The average molecular weight is 299 g/mol. The second-order valence-electron chi connectivity index (χ2n) is 8.41. The normalized spacial score (nSPS) is 13.0. The molecule has 0 bridgehead atoms. The fourth-order valence-electron chi connectivity index (χ4n) is 2.50. The van der Waals surface area contributed by atoms with Crippen molar-refractivity contribution in [2.75, 3.05) is 0 Å². The number of benzene rings is 1. The summed E-state index contributed by atoms with van der Waals surface area (Å²) in [4.78, 5) is 4.90. The van der Waals surface area contributed by atoms with Gasteiger partial charge in [0.2, 0.25) is 0 Å². The first-order valence-electron chi connectivity index (χ1n) is 8.11. The summed E-state index contributed by atoms with van der Waals surface area (Å²) >= 11 is 0. The zero-order valence-electron chi connectivity index (χ0n) is 15.2. The first-order valence-corrected chi connectivity index (χ1v) is 8.11. The van der Waals surface area contributed by atoms with Gasteiger partial charge in [-0.15, -0.1) is 0 Å². The maximum absolute atomic E-state index is 6.04. The third-order valence-electron chi connectivity index (χ3n) is 3.72. The third-order valence-corrected chi connectivity index (χ3v) is 3.72. The van der Waals surface area contributed by atoms with Gasteiger partial charge in [-0.3, -0.25) is 0 Å². The first-order chi connectivity index (χ1) is 9.98. The largest absolute Gasteiger partial charge is 0.489 e. The van der Waals surface area contributed by atoms with Crippen molar-refractivity contribution in [2.24, 2.45) is 0 Å². The SMILES string of the molecule is CC(C)Oc1cc2cc(C(C)(C)C)ccc2nc1C(C)(C)C. The minimum atomic E-state index is -0.0406. The van der Waals surface area contributed by atoms with Crippen LogP contribution >= 0.6 is 0 Å². The lowest BCUT2D eigenvalue weighted by molar-refractivity contribution is 0.235. The summed E-state index contributed by atoms with van der Waals surface area (Å²) in [5.74, 6) is 0.904. The summed E-state index contributed by atoms with van der Waals surface area (Å²) in [6.07, 6.45) is 0.145. The van der Waals surface area contributed by atoms with E-state index in [0.717, 1.165) is 22.3 Å². The Labute approximate surface area is 134 Å². The molecule has 1 heterocycles. The highest BCUT2D eigenvalue weighted by molar-refractivity contribution is 5.81. The second-order valence-corrected chi connectivity index (χ2v) is 8.41. The Morgan fingerprint density at radius 1 is 0.909 bits per heavy atom. The highest BCUT2D eigenvalue weighted by Crippen LogP contribution is 2.34. The van der Waals surface area contributed by atoms with Crippen LogP contribution < -0.4 is 4.74 Å². The number of hydrogen-bond acceptors (Lipinski definition) is 2. The molecule has 1 aromatic heterocycles. The van der Waals surface area contributed by atoms with Gasteiger partial charge in [-0.2, -0.15) is 0 Å². The standard InChI is InChI=1S/C20H29NO/c1-13(2)22-17-12-14-11-15(19(3,4)5)9-10-16(14)21-18(17)20(6,7)8/h9-13H,1-8H3. The molecule has 0 saturated carbocycles. The Bertz CT molecular complexity index is 672. The maximum atomic E-state index is 6.04. The second kappa shape index (κ2) is 5.57. The van der Waals surface area contributed by atoms with Crippen LogP contribution in [0, 0.1) is 0 Å². The van der Waals surface area contributed by atoms with E-state index in [1.54, 1.807) is 0 Å². The van der Waals surface area contributed by atoms with E-state index < -0.39 is 0 Å². The number of pyridine rings is 1. The average Bonchev–Trinajstić information content (AvgIpc) is 2.34. The van der Waals surface area contributed by atoms with Crippen molar-refractivity contribution < 1.29 is 4.74 Å². The Hall–Kier alpha value is -1.57. The molecule has 0 amide bonds. The van der Waals surface area contributed by atoms with Gasteiger partial charge in [0.05, 0.1) is 17.3 Å². The molecule has 0 atom stereocenters. The van der Waals surface area contributed by atoms with E-state index in [2.05, 4.69) is 79.7 Å². The molecule has 0 aliphatic heterocycles. The van der Waals surface area contributed by atoms with Crippen LogP contribution in [0.15, 0.2) is 24.3 Å². The smallest absolute Gasteiger partial charge is 0.142 e.